The second-order valence-corrected chi connectivity index (χ2v) is 4.80. The second kappa shape index (κ2) is 5.68. The van der Waals surface area contributed by atoms with Crippen molar-refractivity contribution in [1.82, 2.24) is 25.3 Å². The van der Waals surface area contributed by atoms with E-state index in [-0.39, 0.29) is 11.8 Å². The normalized spacial score (nSPS) is 10.7. The largest absolute Gasteiger partial charge is 0.354 e. The molecule has 0 spiro atoms. The number of aromatic nitrogens is 4. The van der Waals surface area contributed by atoms with Gasteiger partial charge in [0.15, 0.2) is 11.5 Å². The molecule has 2 rings (SSSR count). The summed E-state index contributed by atoms with van der Waals surface area (Å²) in [7, 11) is 3.42. The van der Waals surface area contributed by atoms with E-state index in [2.05, 4.69) is 25.9 Å². The van der Waals surface area contributed by atoms with Crippen LogP contribution in [-0.2, 0) is 7.05 Å². The molecule has 7 heteroatoms. The number of aryl methyl sites for hydroxylation is 1. The van der Waals surface area contributed by atoms with E-state index in [0.29, 0.717) is 11.5 Å². The summed E-state index contributed by atoms with van der Waals surface area (Å²) >= 11 is 0. The molecule has 2 N–H and O–H groups in total. The number of hydrogen-bond acceptors (Lipinski definition) is 5. The van der Waals surface area contributed by atoms with Gasteiger partial charge in [-0.05, 0) is 17.5 Å². The average Bonchev–Trinajstić information content (AvgIpc) is 2.83. The van der Waals surface area contributed by atoms with Crippen LogP contribution in [0.15, 0.2) is 18.5 Å². The summed E-state index contributed by atoms with van der Waals surface area (Å²) in [6.45, 7) is 4.02. The first-order valence-corrected chi connectivity index (χ1v) is 6.36. The molecule has 7 nitrogen and oxygen atoms in total. The first-order chi connectivity index (χ1) is 9.51. The molecule has 20 heavy (non-hydrogen) atoms. The van der Waals surface area contributed by atoms with E-state index in [1.807, 2.05) is 33.2 Å². The Labute approximate surface area is 117 Å². The summed E-state index contributed by atoms with van der Waals surface area (Å²) in [6, 6.07) is 1.84. The predicted octanol–water partition coefficient (Wildman–Crippen LogP) is 1.44. The lowest BCUT2D eigenvalue weighted by Crippen LogP contribution is -2.22. The molecule has 1 amide bonds. The Balaban J connectivity index is 2.32. The summed E-state index contributed by atoms with van der Waals surface area (Å²) in [4.78, 5) is 11.8. The molecule has 0 saturated heterocycles. The number of carbonyl (C=O) groups is 1. The van der Waals surface area contributed by atoms with Crippen molar-refractivity contribution >= 4 is 17.4 Å². The van der Waals surface area contributed by atoms with Crippen molar-refractivity contribution in [3.05, 3.63) is 29.7 Å². The summed E-state index contributed by atoms with van der Waals surface area (Å²) in [6.07, 6.45) is 3.53. The molecule has 0 fully saturated rings. The number of nitrogens with zero attached hydrogens (tertiary/aromatic N) is 4. The highest BCUT2D eigenvalue weighted by Gasteiger charge is 2.16. The van der Waals surface area contributed by atoms with Crippen LogP contribution < -0.4 is 10.6 Å². The van der Waals surface area contributed by atoms with Crippen molar-refractivity contribution in [3.8, 4) is 0 Å². The maximum absolute atomic E-state index is 11.8. The maximum atomic E-state index is 11.8. The highest BCUT2D eigenvalue weighted by Crippen LogP contribution is 2.22. The Morgan fingerprint density at radius 1 is 1.35 bits per heavy atom. The van der Waals surface area contributed by atoms with Gasteiger partial charge in [0.1, 0.15) is 0 Å². The van der Waals surface area contributed by atoms with Gasteiger partial charge in [0.05, 0.1) is 11.9 Å². The fourth-order valence-corrected chi connectivity index (χ4v) is 1.84. The van der Waals surface area contributed by atoms with E-state index in [1.165, 1.54) is 0 Å². The van der Waals surface area contributed by atoms with E-state index < -0.39 is 0 Å². The smallest absolute Gasteiger partial charge is 0.271 e. The zero-order valence-electron chi connectivity index (χ0n) is 12.0. The summed E-state index contributed by atoms with van der Waals surface area (Å²) in [5.74, 6) is 0.538. The Hall–Kier alpha value is -2.44. The number of hydrogen-bond donors (Lipinski definition) is 2. The quantitative estimate of drug-likeness (QED) is 0.881. The standard InChI is InChI=1S/C13H18N6O/c1-8(2)10-5-11(16-9-6-15-19(4)7-9)17-18-12(10)13(20)14-3/h5-8H,1-4H3,(H,14,20)(H,16,17). The van der Waals surface area contributed by atoms with Gasteiger partial charge in [-0.15, -0.1) is 10.2 Å². The number of rotatable bonds is 4. The number of anilines is 2. The Kier molecular flexibility index (Phi) is 3.97. The molecule has 0 aromatic carbocycles. The molecule has 0 aliphatic heterocycles. The van der Waals surface area contributed by atoms with Crippen LogP contribution in [0.25, 0.3) is 0 Å². The van der Waals surface area contributed by atoms with Crippen molar-refractivity contribution < 1.29 is 4.79 Å². The molecule has 0 atom stereocenters. The summed E-state index contributed by atoms with van der Waals surface area (Å²) < 4.78 is 1.69. The molecule has 0 bridgehead atoms. The van der Waals surface area contributed by atoms with Gasteiger partial charge in [0.2, 0.25) is 0 Å². The molecule has 0 radical (unpaired) electrons. The van der Waals surface area contributed by atoms with Gasteiger partial charge in [-0.1, -0.05) is 13.8 Å². The third kappa shape index (κ3) is 2.93. The zero-order valence-corrected chi connectivity index (χ0v) is 12.0. The van der Waals surface area contributed by atoms with Gasteiger partial charge in [0, 0.05) is 20.3 Å². The van der Waals surface area contributed by atoms with Crippen LogP contribution in [0, 0.1) is 0 Å². The third-order valence-corrected chi connectivity index (χ3v) is 2.86. The van der Waals surface area contributed by atoms with Gasteiger partial charge in [-0.25, -0.2) is 0 Å². The first-order valence-electron chi connectivity index (χ1n) is 6.36. The van der Waals surface area contributed by atoms with E-state index >= 15 is 0 Å². The Morgan fingerprint density at radius 3 is 2.65 bits per heavy atom. The summed E-state index contributed by atoms with van der Waals surface area (Å²) in [5.41, 5.74) is 2.04. The number of amides is 1. The number of nitrogens with one attached hydrogen (secondary N) is 2. The van der Waals surface area contributed by atoms with E-state index in [1.54, 1.807) is 17.9 Å². The van der Waals surface area contributed by atoms with Crippen LogP contribution in [0.4, 0.5) is 11.5 Å². The van der Waals surface area contributed by atoms with Gasteiger partial charge in [-0.2, -0.15) is 5.10 Å². The Morgan fingerprint density at radius 2 is 2.10 bits per heavy atom. The first kappa shape index (κ1) is 14.0. The molecule has 0 aliphatic carbocycles. The van der Waals surface area contributed by atoms with Crippen molar-refractivity contribution in [1.29, 1.82) is 0 Å². The lowest BCUT2D eigenvalue weighted by molar-refractivity contribution is 0.0955. The van der Waals surface area contributed by atoms with E-state index in [9.17, 15) is 4.79 Å². The molecular formula is C13H18N6O. The third-order valence-electron chi connectivity index (χ3n) is 2.86. The minimum atomic E-state index is -0.228. The molecule has 2 aromatic heterocycles. The van der Waals surface area contributed by atoms with Crippen LogP contribution in [-0.4, -0.2) is 32.9 Å². The maximum Gasteiger partial charge on any atom is 0.271 e. The molecule has 0 unspecified atom stereocenters. The average molecular weight is 274 g/mol. The monoisotopic (exact) mass is 274 g/mol. The molecule has 106 valence electrons. The van der Waals surface area contributed by atoms with Crippen LogP contribution in [0.2, 0.25) is 0 Å². The topological polar surface area (TPSA) is 84.7 Å². The van der Waals surface area contributed by atoms with Crippen LogP contribution in [0.3, 0.4) is 0 Å². The van der Waals surface area contributed by atoms with Crippen molar-refractivity contribution in [3.63, 3.8) is 0 Å². The molecule has 2 heterocycles. The zero-order chi connectivity index (χ0) is 14.7. The molecule has 0 saturated carbocycles. The fourth-order valence-electron chi connectivity index (χ4n) is 1.84. The SMILES string of the molecule is CNC(=O)c1nnc(Nc2cnn(C)c2)cc1C(C)C. The summed E-state index contributed by atoms with van der Waals surface area (Å²) in [5, 5.41) is 17.8. The van der Waals surface area contributed by atoms with Crippen molar-refractivity contribution in [2.45, 2.75) is 19.8 Å². The minimum Gasteiger partial charge on any atom is -0.354 e. The van der Waals surface area contributed by atoms with Crippen LogP contribution in [0.1, 0.15) is 35.8 Å². The van der Waals surface area contributed by atoms with Gasteiger partial charge >= 0.3 is 0 Å². The van der Waals surface area contributed by atoms with Gasteiger partial charge in [0.25, 0.3) is 5.91 Å². The highest BCUT2D eigenvalue weighted by atomic mass is 16.1. The molecular weight excluding hydrogens is 256 g/mol. The minimum absolute atomic E-state index is 0.173. The predicted molar refractivity (Wildman–Crippen MR) is 76.0 cm³/mol. The van der Waals surface area contributed by atoms with Gasteiger partial charge in [-0.3, -0.25) is 9.48 Å². The van der Waals surface area contributed by atoms with Crippen LogP contribution >= 0.6 is 0 Å². The molecule has 0 aliphatic rings. The Bertz CT molecular complexity index is 619. The lowest BCUT2D eigenvalue weighted by atomic mass is 10.0. The van der Waals surface area contributed by atoms with Crippen LogP contribution in [0.5, 0.6) is 0 Å². The van der Waals surface area contributed by atoms with Crippen molar-refractivity contribution in [2.75, 3.05) is 12.4 Å². The van der Waals surface area contributed by atoms with E-state index in [0.717, 1.165) is 11.3 Å². The molecule has 2 aromatic rings. The fraction of sp³-hybridized carbons (Fsp3) is 0.385. The van der Waals surface area contributed by atoms with Gasteiger partial charge < -0.3 is 10.6 Å². The second-order valence-electron chi connectivity index (χ2n) is 4.80. The highest BCUT2D eigenvalue weighted by molar-refractivity contribution is 5.93. The lowest BCUT2D eigenvalue weighted by Gasteiger charge is -2.12. The van der Waals surface area contributed by atoms with E-state index in [4.69, 9.17) is 0 Å². The van der Waals surface area contributed by atoms with Crippen molar-refractivity contribution in [2.24, 2.45) is 7.05 Å². The number of carbonyl (C=O) groups excluding carboxylic acids is 1.